The number of hydrogen-bond donors (Lipinski definition) is 2. The summed E-state index contributed by atoms with van der Waals surface area (Å²) in [5, 5.41) is 12.4. The highest BCUT2D eigenvalue weighted by molar-refractivity contribution is 5.92. The molecule has 6 heteroatoms. The molecule has 1 saturated heterocycles. The number of anilines is 1. The number of likely N-dealkylation sites (tertiary alicyclic amines) is 1. The molecule has 3 aromatic rings. The van der Waals surface area contributed by atoms with Gasteiger partial charge in [-0.3, -0.25) is 14.4 Å². The zero-order valence-electron chi connectivity index (χ0n) is 21.3. The summed E-state index contributed by atoms with van der Waals surface area (Å²) in [4.78, 5) is 15.3. The van der Waals surface area contributed by atoms with E-state index in [1.54, 1.807) is 0 Å². The minimum Gasteiger partial charge on any atom is -0.359 e. The van der Waals surface area contributed by atoms with Gasteiger partial charge in [-0.15, -0.1) is 0 Å². The van der Waals surface area contributed by atoms with E-state index in [2.05, 4.69) is 66.6 Å². The van der Waals surface area contributed by atoms with Crippen molar-refractivity contribution in [3.63, 3.8) is 0 Å². The number of amides is 1. The number of hydrogen-bond acceptors (Lipinski definition) is 4. The summed E-state index contributed by atoms with van der Waals surface area (Å²) in [5.41, 5.74) is 3.46. The van der Waals surface area contributed by atoms with Gasteiger partial charge in [0.2, 0.25) is 5.91 Å². The Hall–Kier alpha value is -2.86. The van der Waals surface area contributed by atoms with Crippen molar-refractivity contribution >= 4 is 22.6 Å². The summed E-state index contributed by atoms with van der Waals surface area (Å²) in [6.07, 6.45) is 5.32. The zero-order valence-corrected chi connectivity index (χ0v) is 21.3. The van der Waals surface area contributed by atoms with E-state index in [1.165, 1.54) is 36.8 Å². The van der Waals surface area contributed by atoms with E-state index in [1.807, 2.05) is 22.9 Å². The predicted molar refractivity (Wildman–Crippen MR) is 143 cm³/mol. The Labute approximate surface area is 209 Å². The molecule has 5 rings (SSSR count). The first-order chi connectivity index (χ1) is 17.0. The van der Waals surface area contributed by atoms with Gasteiger partial charge in [-0.1, -0.05) is 55.8 Å². The summed E-state index contributed by atoms with van der Waals surface area (Å²) in [6, 6.07) is 17.7. The van der Waals surface area contributed by atoms with E-state index in [-0.39, 0.29) is 18.5 Å². The largest absolute Gasteiger partial charge is 0.359 e. The second kappa shape index (κ2) is 10.4. The maximum Gasteiger partial charge on any atom is 0.239 e. The van der Waals surface area contributed by atoms with Crippen LogP contribution in [0, 0.1) is 18.8 Å². The maximum atomic E-state index is 12.7. The molecule has 2 aromatic carbocycles. The van der Waals surface area contributed by atoms with Crippen LogP contribution in [-0.2, 0) is 11.3 Å². The van der Waals surface area contributed by atoms with Gasteiger partial charge in [-0.25, -0.2) is 0 Å². The Morgan fingerprint density at radius 2 is 1.80 bits per heavy atom. The van der Waals surface area contributed by atoms with Gasteiger partial charge in [-0.05, 0) is 62.1 Å². The molecule has 2 fully saturated rings. The van der Waals surface area contributed by atoms with Crippen LogP contribution in [-0.4, -0.2) is 52.3 Å². The molecule has 1 aliphatic heterocycles. The van der Waals surface area contributed by atoms with Crippen LogP contribution in [0.2, 0.25) is 0 Å². The van der Waals surface area contributed by atoms with Crippen LogP contribution in [0.4, 0.5) is 5.82 Å². The number of nitrogens with one attached hydrogen (secondary N) is 2. The molecule has 2 N–H and O–H groups in total. The minimum absolute atomic E-state index is 0.0385. The van der Waals surface area contributed by atoms with Gasteiger partial charge in [0.1, 0.15) is 0 Å². The van der Waals surface area contributed by atoms with Crippen LogP contribution in [0.1, 0.15) is 50.7 Å². The van der Waals surface area contributed by atoms with Gasteiger partial charge < -0.3 is 10.6 Å². The van der Waals surface area contributed by atoms with Gasteiger partial charge in [-0.2, -0.15) is 5.10 Å². The number of fused-ring (bicyclic) bond motifs is 1. The van der Waals surface area contributed by atoms with Crippen LogP contribution < -0.4 is 10.6 Å². The first kappa shape index (κ1) is 23.9. The van der Waals surface area contributed by atoms with E-state index in [9.17, 15) is 4.79 Å². The summed E-state index contributed by atoms with van der Waals surface area (Å²) >= 11 is 0. The molecule has 6 nitrogen and oxygen atoms in total. The van der Waals surface area contributed by atoms with Crippen molar-refractivity contribution < 1.29 is 4.79 Å². The maximum absolute atomic E-state index is 12.7. The van der Waals surface area contributed by atoms with Crippen molar-refractivity contribution in [3.05, 3.63) is 59.7 Å². The average molecular weight is 474 g/mol. The molecule has 0 radical (unpaired) electrons. The summed E-state index contributed by atoms with van der Waals surface area (Å²) in [6.45, 7) is 9.69. The van der Waals surface area contributed by atoms with Crippen LogP contribution in [0.25, 0.3) is 10.9 Å². The molecule has 2 heterocycles. The first-order valence-corrected chi connectivity index (χ1v) is 13.2. The van der Waals surface area contributed by atoms with E-state index < -0.39 is 0 Å². The molecular weight excluding hydrogens is 434 g/mol. The fraction of sp³-hybridized carbons (Fsp3) is 0.517. The molecule has 1 saturated carbocycles. The number of nitrogens with zero attached hydrogens (tertiary/aromatic N) is 3. The van der Waals surface area contributed by atoms with Crippen molar-refractivity contribution in [2.75, 3.05) is 25.0 Å². The number of rotatable bonds is 8. The minimum atomic E-state index is 0.0385. The van der Waals surface area contributed by atoms with Gasteiger partial charge in [0, 0.05) is 24.5 Å². The van der Waals surface area contributed by atoms with Crippen LogP contribution in [0.3, 0.4) is 0 Å². The number of carbonyl (C=O) groups is 1. The van der Waals surface area contributed by atoms with Crippen molar-refractivity contribution in [2.45, 2.75) is 65.1 Å². The third-order valence-electron chi connectivity index (χ3n) is 7.97. The van der Waals surface area contributed by atoms with Crippen molar-refractivity contribution in [3.8, 4) is 0 Å². The van der Waals surface area contributed by atoms with Crippen molar-refractivity contribution in [2.24, 2.45) is 11.8 Å². The summed E-state index contributed by atoms with van der Waals surface area (Å²) < 4.78 is 2.02. The second-order valence-corrected chi connectivity index (χ2v) is 10.9. The molecular formula is C29H39N5O. The predicted octanol–water partition coefficient (Wildman–Crippen LogP) is 4.82. The van der Waals surface area contributed by atoms with Gasteiger partial charge in [0.25, 0.3) is 0 Å². The number of carbonyl (C=O) groups excluding carboxylic acids is 1. The fourth-order valence-corrected chi connectivity index (χ4v) is 5.78. The van der Waals surface area contributed by atoms with Crippen LogP contribution >= 0.6 is 0 Å². The normalized spacial score (nSPS) is 21.3. The Morgan fingerprint density at radius 3 is 2.51 bits per heavy atom. The standard InChI is InChI=1S/C29H39N5O/c1-20(2)23-10-12-25(13-11-23)33-18-24(19-33)31-28(35)16-30-29-26-15-21(3)9-14-27(26)34(32-29)17-22-7-5-4-6-8-22/h4-9,14-15,20,23-25H,10-13,16-19H2,1-3H3,(H,30,32)(H,31,35). The lowest BCUT2D eigenvalue weighted by Crippen LogP contribution is -2.63. The molecule has 1 amide bonds. The van der Waals surface area contributed by atoms with Crippen molar-refractivity contribution in [1.29, 1.82) is 0 Å². The quantitative estimate of drug-likeness (QED) is 0.492. The number of aryl methyl sites for hydroxylation is 1. The van der Waals surface area contributed by atoms with Gasteiger partial charge >= 0.3 is 0 Å². The Morgan fingerprint density at radius 1 is 1.06 bits per heavy atom. The monoisotopic (exact) mass is 473 g/mol. The third kappa shape index (κ3) is 5.53. The average Bonchev–Trinajstić information content (AvgIpc) is 3.16. The molecule has 0 spiro atoms. The lowest BCUT2D eigenvalue weighted by Gasteiger charge is -2.47. The zero-order chi connectivity index (χ0) is 24.4. The number of aromatic nitrogens is 2. The highest BCUT2D eigenvalue weighted by Crippen LogP contribution is 2.33. The number of benzene rings is 2. The van der Waals surface area contributed by atoms with Gasteiger partial charge in [0.15, 0.2) is 5.82 Å². The SMILES string of the molecule is Cc1ccc2c(c1)c(NCC(=O)NC1CN(C3CCC(C(C)C)CC3)C1)nn2Cc1ccccc1. The fourth-order valence-electron chi connectivity index (χ4n) is 5.78. The molecule has 0 unspecified atom stereocenters. The van der Waals surface area contributed by atoms with Crippen LogP contribution in [0.15, 0.2) is 48.5 Å². The third-order valence-corrected chi connectivity index (χ3v) is 7.97. The molecule has 1 aromatic heterocycles. The van der Waals surface area contributed by atoms with E-state index in [4.69, 9.17) is 5.10 Å². The smallest absolute Gasteiger partial charge is 0.239 e. The molecule has 186 valence electrons. The lowest BCUT2D eigenvalue weighted by atomic mass is 9.78. The Bertz CT molecular complexity index is 1140. The van der Waals surface area contributed by atoms with Crippen LogP contribution in [0.5, 0.6) is 0 Å². The highest BCUT2D eigenvalue weighted by atomic mass is 16.2. The molecule has 0 atom stereocenters. The van der Waals surface area contributed by atoms with Crippen molar-refractivity contribution in [1.82, 2.24) is 20.0 Å². The molecule has 1 aliphatic carbocycles. The first-order valence-electron chi connectivity index (χ1n) is 13.2. The lowest BCUT2D eigenvalue weighted by molar-refractivity contribution is -0.121. The van der Waals surface area contributed by atoms with E-state index in [0.29, 0.717) is 12.6 Å². The highest BCUT2D eigenvalue weighted by Gasteiger charge is 2.35. The van der Waals surface area contributed by atoms with Gasteiger partial charge in [0.05, 0.1) is 24.6 Å². The molecule has 35 heavy (non-hydrogen) atoms. The Kier molecular flexibility index (Phi) is 7.09. The topological polar surface area (TPSA) is 62.2 Å². The molecule has 0 bridgehead atoms. The summed E-state index contributed by atoms with van der Waals surface area (Å²) in [5.74, 6) is 2.51. The Balaban J connectivity index is 1.14. The summed E-state index contributed by atoms with van der Waals surface area (Å²) in [7, 11) is 0. The van der Waals surface area contributed by atoms with E-state index in [0.717, 1.165) is 41.6 Å². The molecule has 2 aliphatic rings. The van der Waals surface area contributed by atoms with E-state index >= 15 is 0 Å². The second-order valence-electron chi connectivity index (χ2n) is 10.9.